The van der Waals surface area contributed by atoms with Crippen molar-refractivity contribution in [2.75, 3.05) is 0 Å². The van der Waals surface area contributed by atoms with Crippen LogP contribution in [0.1, 0.15) is 69.7 Å². The Morgan fingerprint density at radius 2 is 1.92 bits per heavy atom. The first-order valence-corrected chi connectivity index (χ1v) is 8.92. The molecule has 3 rings (SSSR count). The van der Waals surface area contributed by atoms with Crippen LogP contribution < -0.4 is 0 Å². The minimum Gasteiger partial charge on any atom is -0.444 e. The molecule has 0 bridgehead atoms. The van der Waals surface area contributed by atoms with Crippen LogP contribution in [0.5, 0.6) is 0 Å². The molecule has 0 aliphatic heterocycles. The topological polar surface area (TPSA) is 81.1 Å². The Balaban J connectivity index is 1.80. The van der Waals surface area contributed by atoms with Gasteiger partial charge in [-0.2, -0.15) is 10.2 Å². The summed E-state index contributed by atoms with van der Waals surface area (Å²) in [4.78, 5) is 22.9. The molecular weight excluding hydrogens is 330 g/mol. The molecule has 7 nitrogen and oxygen atoms in total. The molecule has 7 heteroatoms. The van der Waals surface area contributed by atoms with Crippen LogP contribution in [0, 0.1) is 0 Å². The summed E-state index contributed by atoms with van der Waals surface area (Å²) >= 11 is 0. The Hall–Kier alpha value is -2.57. The Morgan fingerprint density at radius 3 is 2.46 bits per heavy atom. The highest BCUT2D eigenvalue weighted by Crippen LogP contribution is 2.38. The van der Waals surface area contributed by atoms with E-state index in [0.29, 0.717) is 17.4 Å². The first-order chi connectivity index (χ1) is 12.3. The van der Waals surface area contributed by atoms with Crippen molar-refractivity contribution < 1.29 is 9.53 Å². The van der Waals surface area contributed by atoms with Crippen molar-refractivity contribution in [1.29, 1.82) is 0 Å². The van der Waals surface area contributed by atoms with Gasteiger partial charge in [0.25, 0.3) is 0 Å². The van der Waals surface area contributed by atoms with E-state index in [2.05, 4.69) is 20.2 Å². The molecule has 1 saturated carbocycles. The molecule has 0 N–H and O–H groups in total. The van der Waals surface area contributed by atoms with Crippen LogP contribution in [0.15, 0.2) is 30.6 Å². The lowest BCUT2D eigenvalue weighted by molar-refractivity contribution is 0.0141. The third-order valence-corrected chi connectivity index (χ3v) is 4.12. The SMILES string of the molecule is C[C@H](c1ncccn1)N(Cc1ccc(C2CC2)nn1)C(=O)OC(C)(C)C. The lowest BCUT2D eigenvalue weighted by atomic mass is 10.2. The van der Waals surface area contributed by atoms with E-state index in [1.54, 1.807) is 23.4 Å². The third kappa shape index (κ3) is 4.74. The van der Waals surface area contributed by atoms with Gasteiger partial charge in [-0.3, -0.25) is 4.90 Å². The van der Waals surface area contributed by atoms with Crippen molar-refractivity contribution in [3.05, 3.63) is 47.8 Å². The van der Waals surface area contributed by atoms with Crippen molar-refractivity contribution in [2.24, 2.45) is 0 Å². The first kappa shape index (κ1) is 18.2. The van der Waals surface area contributed by atoms with Gasteiger partial charge in [-0.05, 0) is 58.7 Å². The number of carbonyl (C=O) groups excluding carboxylic acids is 1. The second-order valence-corrected chi connectivity index (χ2v) is 7.62. The molecule has 138 valence electrons. The van der Waals surface area contributed by atoms with Gasteiger partial charge < -0.3 is 4.74 Å². The van der Waals surface area contributed by atoms with E-state index < -0.39 is 11.7 Å². The van der Waals surface area contributed by atoms with Crippen molar-refractivity contribution in [3.8, 4) is 0 Å². The van der Waals surface area contributed by atoms with Crippen LogP contribution in [0.25, 0.3) is 0 Å². The predicted molar refractivity (Wildman–Crippen MR) is 96.2 cm³/mol. The summed E-state index contributed by atoms with van der Waals surface area (Å²) in [7, 11) is 0. The van der Waals surface area contributed by atoms with Gasteiger partial charge in [0.15, 0.2) is 5.82 Å². The quantitative estimate of drug-likeness (QED) is 0.814. The van der Waals surface area contributed by atoms with E-state index >= 15 is 0 Å². The number of hydrogen-bond acceptors (Lipinski definition) is 6. The molecule has 26 heavy (non-hydrogen) atoms. The minimum absolute atomic E-state index is 0.284. The Morgan fingerprint density at radius 1 is 1.23 bits per heavy atom. The Kier molecular flexibility index (Phi) is 5.15. The van der Waals surface area contributed by atoms with E-state index in [0.717, 1.165) is 5.69 Å². The maximum atomic E-state index is 12.8. The highest BCUT2D eigenvalue weighted by Gasteiger charge is 2.29. The predicted octanol–water partition coefficient (Wildman–Crippen LogP) is 3.64. The minimum atomic E-state index is -0.589. The molecule has 0 unspecified atom stereocenters. The number of rotatable bonds is 5. The normalized spacial score (nSPS) is 15.4. The van der Waals surface area contributed by atoms with Gasteiger partial charge in [0, 0.05) is 18.3 Å². The molecule has 0 spiro atoms. The maximum Gasteiger partial charge on any atom is 0.411 e. The summed E-state index contributed by atoms with van der Waals surface area (Å²) in [5, 5.41) is 8.59. The van der Waals surface area contributed by atoms with Gasteiger partial charge in [-0.15, -0.1) is 0 Å². The molecule has 1 aliphatic carbocycles. The highest BCUT2D eigenvalue weighted by atomic mass is 16.6. The number of amides is 1. The fourth-order valence-electron chi connectivity index (χ4n) is 2.57. The molecule has 0 radical (unpaired) electrons. The van der Waals surface area contributed by atoms with Gasteiger partial charge in [-0.1, -0.05) is 0 Å². The van der Waals surface area contributed by atoms with Crippen molar-refractivity contribution >= 4 is 6.09 Å². The van der Waals surface area contributed by atoms with E-state index in [4.69, 9.17) is 4.74 Å². The second kappa shape index (κ2) is 7.35. The Bertz CT molecular complexity index is 739. The van der Waals surface area contributed by atoms with E-state index in [9.17, 15) is 4.79 Å². The van der Waals surface area contributed by atoms with Gasteiger partial charge >= 0.3 is 6.09 Å². The zero-order chi connectivity index (χ0) is 18.7. The van der Waals surface area contributed by atoms with Crippen LogP contribution in [0.4, 0.5) is 4.79 Å². The summed E-state index contributed by atoms with van der Waals surface area (Å²) in [5.74, 6) is 1.11. The number of aromatic nitrogens is 4. The van der Waals surface area contributed by atoms with Crippen molar-refractivity contribution in [1.82, 2.24) is 25.1 Å². The summed E-state index contributed by atoms with van der Waals surface area (Å²) < 4.78 is 5.57. The van der Waals surface area contributed by atoms with E-state index in [-0.39, 0.29) is 12.6 Å². The monoisotopic (exact) mass is 355 g/mol. The first-order valence-electron chi connectivity index (χ1n) is 8.92. The molecule has 1 aliphatic rings. The molecule has 0 aromatic carbocycles. The zero-order valence-corrected chi connectivity index (χ0v) is 15.7. The zero-order valence-electron chi connectivity index (χ0n) is 15.7. The van der Waals surface area contributed by atoms with E-state index in [1.165, 1.54) is 12.8 Å². The fourth-order valence-corrected chi connectivity index (χ4v) is 2.57. The number of hydrogen-bond donors (Lipinski definition) is 0. The molecule has 2 aromatic rings. The standard InChI is InChI=1S/C19H25N5O2/c1-13(17-20-10-5-11-21-17)24(18(25)26-19(2,3)4)12-15-8-9-16(23-22-15)14-6-7-14/h5,8-11,13-14H,6-7,12H2,1-4H3/t13-/m1/s1. The third-order valence-electron chi connectivity index (χ3n) is 4.12. The number of ether oxygens (including phenoxy) is 1. The average molecular weight is 355 g/mol. The number of nitrogens with zero attached hydrogens (tertiary/aromatic N) is 5. The van der Waals surface area contributed by atoms with Crippen LogP contribution in [-0.2, 0) is 11.3 Å². The van der Waals surface area contributed by atoms with Gasteiger partial charge in [0.2, 0.25) is 0 Å². The van der Waals surface area contributed by atoms with Gasteiger partial charge in [0.1, 0.15) is 5.60 Å². The molecule has 2 aromatic heterocycles. The van der Waals surface area contributed by atoms with Crippen molar-refractivity contribution in [2.45, 2.75) is 64.6 Å². The molecule has 1 atom stereocenters. The average Bonchev–Trinajstić information content (AvgIpc) is 3.44. The van der Waals surface area contributed by atoms with Gasteiger partial charge in [-0.25, -0.2) is 14.8 Å². The second-order valence-electron chi connectivity index (χ2n) is 7.62. The smallest absolute Gasteiger partial charge is 0.411 e. The lowest BCUT2D eigenvalue weighted by Gasteiger charge is -2.30. The Labute approximate surface area is 153 Å². The summed E-state index contributed by atoms with van der Waals surface area (Å²) in [6.45, 7) is 7.70. The van der Waals surface area contributed by atoms with Gasteiger partial charge in [0.05, 0.1) is 24.0 Å². The van der Waals surface area contributed by atoms with Crippen molar-refractivity contribution in [3.63, 3.8) is 0 Å². The van der Waals surface area contributed by atoms with Crippen LogP contribution in [0.3, 0.4) is 0 Å². The van der Waals surface area contributed by atoms with E-state index in [1.807, 2.05) is 39.8 Å². The molecule has 1 amide bonds. The van der Waals surface area contributed by atoms with Crippen LogP contribution in [-0.4, -0.2) is 36.8 Å². The largest absolute Gasteiger partial charge is 0.444 e. The number of carbonyl (C=O) groups is 1. The molecular formula is C19H25N5O2. The lowest BCUT2D eigenvalue weighted by Crippen LogP contribution is -2.38. The maximum absolute atomic E-state index is 12.8. The summed E-state index contributed by atoms with van der Waals surface area (Å²) in [6, 6.07) is 5.32. The van der Waals surface area contributed by atoms with Crippen LogP contribution >= 0.6 is 0 Å². The summed E-state index contributed by atoms with van der Waals surface area (Å²) in [5.41, 5.74) is 1.15. The molecule has 1 fully saturated rings. The molecule has 0 saturated heterocycles. The van der Waals surface area contributed by atoms with Crippen LogP contribution in [0.2, 0.25) is 0 Å². The molecule has 2 heterocycles. The fraction of sp³-hybridized carbons (Fsp3) is 0.526. The highest BCUT2D eigenvalue weighted by molar-refractivity contribution is 5.68. The summed E-state index contributed by atoms with van der Waals surface area (Å²) in [6.07, 6.45) is 5.26.